The van der Waals surface area contributed by atoms with Gasteiger partial charge in [-0.05, 0) is 52.4 Å². The number of esters is 1. The van der Waals surface area contributed by atoms with E-state index in [0.29, 0.717) is 34.3 Å². The van der Waals surface area contributed by atoms with E-state index in [0.717, 1.165) is 16.7 Å². The zero-order chi connectivity index (χ0) is 28.2. The van der Waals surface area contributed by atoms with E-state index in [-0.39, 0.29) is 31.2 Å². The van der Waals surface area contributed by atoms with E-state index in [1.807, 2.05) is 54.6 Å². The molecule has 2 aliphatic heterocycles. The number of cyclic esters (lactones) is 1. The van der Waals surface area contributed by atoms with Crippen LogP contribution in [0.3, 0.4) is 0 Å². The van der Waals surface area contributed by atoms with Gasteiger partial charge in [0.2, 0.25) is 12.5 Å². The van der Waals surface area contributed by atoms with Crippen molar-refractivity contribution < 1.29 is 38.3 Å². The predicted octanol–water partition coefficient (Wildman–Crippen LogP) is 5.00. The Balaban J connectivity index is 1.65. The van der Waals surface area contributed by atoms with Crippen LogP contribution in [0.2, 0.25) is 0 Å². The molecule has 0 bridgehead atoms. The maximum atomic E-state index is 13.6. The fraction of sp³-hybridized carbons (Fsp3) is 0.406. The topological polar surface area (TPSA) is 92.7 Å². The highest BCUT2D eigenvalue weighted by atomic mass is 16.7. The first-order valence-corrected chi connectivity index (χ1v) is 13.5. The Kier molecular flexibility index (Phi) is 6.53. The van der Waals surface area contributed by atoms with Gasteiger partial charge in [0.1, 0.15) is 5.60 Å². The molecule has 0 saturated carbocycles. The van der Waals surface area contributed by atoms with Gasteiger partial charge in [-0.1, -0.05) is 44.2 Å². The molecule has 0 unspecified atom stereocenters. The SMILES string of the molecule is COc1cc([C@@H]2c3cc4c(cc3[C@](O)([C@H](c3ccccc3)C(C)C)[C@H]3COC(=O)[C@H]23)OCO4)cc(OC)c1OC. The van der Waals surface area contributed by atoms with Crippen LogP contribution in [0.1, 0.15) is 47.9 Å². The maximum absolute atomic E-state index is 13.6. The van der Waals surface area contributed by atoms with Crippen LogP contribution in [-0.4, -0.2) is 45.8 Å². The molecule has 5 atom stereocenters. The highest BCUT2D eigenvalue weighted by Crippen LogP contribution is 2.62. The Morgan fingerprint density at radius 2 is 1.55 bits per heavy atom. The summed E-state index contributed by atoms with van der Waals surface area (Å²) >= 11 is 0. The quantitative estimate of drug-likeness (QED) is 0.414. The minimum absolute atomic E-state index is 0.0414. The zero-order valence-corrected chi connectivity index (χ0v) is 23.3. The lowest BCUT2D eigenvalue weighted by Gasteiger charge is -2.50. The van der Waals surface area contributed by atoms with Gasteiger partial charge in [0.25, 0.3) is 0 Å². The Morgan fingerprint density at radius 1 is 0.900 bits per heavy atom. The normalized spacial score (nSPS) is 25.2. The summed E-state index contributed by atoms with van der Waals surface area (Å²) in [5.41, 5.74) is 1.83. The predicted molar refractivity (Wildman–Crippen MR) is 146 cm³/mol. The van der Waals surface area contributed by atoms with Crippen molar-refractivity contribution in [2.75, 3.05) is 34.7 Å². The number of fused-ring (bicyclic) bond motifs is 3. The Labute approximate surface area is 233 Å². The third-order valence-electron chi connectivity index (χ3n) is 8.69. The molecule has 2 heterocycles. The van der Waals surface area contributed by atoms with E-state index in [1.54, 1.807) is 21.3 Å². The van der Waals surface area contributed by atoms with Crippen molar-refractivity contribution in [3.63, 3.8) is 0 Å². The number of hydrogen-bond donors (Lipinski definition) is 1. The van der Waals surface area contributed by atoms with Crippen molar-refractivity contribution in [2.45, 2.75) is 31.3 Å². The molecule has 1 N–H and O–H groups in total. The lowest BCUT2D eigenvalue weighted by Crippen LogP contribution is -2.51. The molecule has 0 radical (unpaired) electrons. The lowest BCUT2D eigenvalue weighted by atomic mass is 9.55. The number of carbonyl (C=O) groups excluding carboxylic acids is 1. The summed E-state index contributed by atoms with van der Waals surface area (Å²) in [6.45, 7) is 4.39. The van der Waals surface area contributed by atoms with Crippen molar-refractivity contribution in [1.82, 2.24) is 0 Å². The summed E-state index contributed by atoms with van der Waals surface area (Å²) in [6.07, 6.45) is 0. The summed E-state index contributed by atoms with van der Waals surface area (Å²) < 4.78 is 34.2. The van der Waals surface area contributed by atoms with Gasteiger partial charge in [0, 0.05) is 17.8 Å². The Hall–Kier alpha value is -3.91. The summed E-state index contributed by atoms with van der Waals surface area (Å²) in [4.78, 5) is 13.6. The first-order valence-electron chi connectivity index (χ1n) is 13.5. The molecule has 8 nitrogen and oxygen atoms in total. The van der Waals surface area contributed by atoms with Gasteiger partial charge >= 0.3 is 5.97 Å². The second-order valence-electron chi connectivity index (χ2n) is 10.9. The van der Waals surface area contributed by atoms with Crippen molar-refractivity contribution in [2.24, 2.45) is 17.8 Å². The number of benzene rings is 3. The van der Waals surface area contributed by atoms with E-state index in [9.17, 15) is 9.90 Å². The van der Waals surface area contributed by atoms with Crippen molar-refractivity contribution in [3.8, 4) is 28.7 Å². The third-order valence-corrected chi connectivity index (χ3v) is 8.69. The minimum atomic E-state index is -1.43. The molecule has 6 rings (SSSR count). The number of ether oxygens (including phenoxy) is 6. The van der Waals surface area contributed by atoms with Gasteiger partial charge in [-0.3, -0.25) is 4.79 Å². The molecule has 3 aliphatic rings. The van der Waals surface area contributed by atoms with Crippen LogP contribution in [0.5, 0.6) is 28.7 Å². The second-order valence-corrected chi connectivity index (χ2v) is 10.9. The highest BCUT2D eigenvalue weighted by molar-refractivity contribution is 5.79. The summed E-state index contributed by atoms with van der Waals surface area (Å²) in [7, 11) is 4.68. The average molecular weight is 547 g/mol. The number of rotatable bonds is 7. The van der Waals surface area contributed by atoms with Gasteiger partial charge in [-0.25, -0.2) is 0 Å². The van der Waals surface area contributed by atoms with Gasteiger partial charge in [0.15, 0.2) is 23.0 Å². The molecule has 1 fully saturated rings. The molecule has 1 aliphatic carbocycles. The molecule has 3 aromatic carbocycles. The van der Waals surface area contributed by atoms with Crippen LogP contribution in [0.15, 0.2) is 54.6 Å². The molecule has 1 saturated heterocycles. The van der Waals surface area contributed by atoms with Crippen molar-refractivity contribution >= 4 is 5.97 Å². The fourth-order valence-corrected chi connectivity index (χ4v) is 7.13. The number of aliphatic hydroxyl groups is 1. The van der Waals surface area contributed by atoms with Crippen LogP contribution in [0, 0.1) is 17.8 Å². The number of carbonyl (C=O) groups is 1. The van der Waals surface area contributed by atoms with Crippen LogP contribution in [-0.2, 0) is 15.1 Å². The van der Waals surface area contributed by atoms with E-state index < -0.39 is 23.4 Å². The van der Waals surface area contributed by atoms with Gasteiger partial charge in [-0.15, -0.1) is 0 Å². The second kappa shape index (κ2) is 9.93. The monoisotopic (exact) mass is 546 g/mol. The molecular formula is C32H34O8. The first kappa shape index (κ1) is 26.3. The van der Waals surface area contributed by atoms with E-state index in [1.165, 1.54) is 0 Å². The van der Waals surface area contributed by atoms with Crippen molar-refractivity contribution in [3.05, 3.63) is 76.9 Å². The molecule has 0 amide bonds. The van der Waals surface area contributed by atoms with Crippen LogP contribution >= 0.6 is 0 Å². The average Bonchev–Trinajstić information content (AvgIpc) is 3.59. The van der Waals surface area contributed by atoms with Gasteiger partial charge in [0.05, 0.1) is 33.9 Å². The van der Waals surface area contributed by atoms with E-state index in [4.69, 9.17) is 28.4 Å². The largest absolute Gasteiger partial charge is 0.493 e. The van der Waals surface area contributed by atoms with Crippen LogP contribution in [0.25, 0.3) is 0 Å². The minimum Gasteiger partial charge on any atom is -0.493 e. The van der Waals surface area contributed by atoms with E-state index in [2.05, 4.69) is 13.8 Å². The highest BCUT2D eigenvalue weighted by Gasteiger charge is 2.62. The fourth-order valence-electron chi connectivity index (χ4n) is 7.13. The molecule has 0 aromatic heterocycles. The summed E-state index contributed by atoms with van der Waals surface area (Å²) in [6, 6.07) is 17.5. The van der Waals surface area contributed by atoms with Gasteiger partial charge < -0.3 is 33.5 Å². The summed E-state index contributed by atoms with van der Waals surface area (Å²) in [5.74, 6) is 0.277. The van der Waals surface area contributed by atoms with Crippen molar-refractivity contribution in [1.29, 1.82) is 0 Å². The smallest absolute Gasteiger partial charge is 0.310 e. The van der Waals surface area contributed by atoms with Gasteiger partial charge in [-0.2, -0.15) is 0 Å². The first-order chi connectivity index (χ1) is 19.3. The number of methoxy groups -OCH3 is 3. The lowest BCUT2D eigenvalue weighted by molar-refractivity contribution is -0.142. The maximum Gasteiger partial charge on any atom is 0.310 e. The van der Waals surface area contributed by atoms with E-state index >= 15 is 0 Å². The molecule has 0 spiro atoms. The van der Waals surface area contributed by atoms with Crippen LogP contribution < -0.4 is 23.7 Å². The molecule has 40 heavy (non-hydrogen) atoms. The zero-order valence-electron chi connectivity index (χ0n) is 23.3. The Morgan fingerprint density at radius 3 is 2.15 bits per heavy atom. The molecular weight excluding hydrogens is 512 g/mol. The standard InChI is InChI=1S/C32H34O8/c1-17(2)29(18-9-7-6-8-10-18)32(34)21-14-24-23(39-16-40-24)13-20(21)27(28-22(32)15-38-31(28)33)19-11-25(35-3)30(37-5)26(12-19)36-4/h6-14,17,22,27-29,34H,15-16H2,1-5H3/t22-,27+,28-,29-,32+/m0/s1. The third kappa shape index (κ3) is 3.80. The summed E-state index contributed by atoms with van der Waals surface area (Å²) in [5, 5.41) is 13.1. The Bertz CT molecular complexity index is 1410. The molecule has 8 heteroatoms. The number of hydrogen-bond acceptors (Lipinski definition) is 8. The molecule has 210 valence electrons. The van der Waals surface area contributed by atoms with Crippen LogP contribution in [0.4, 0.5) is 0 Å². The molecule has 3 aromatic rings.